The van der Waals surface area contributed by atoms with Crippen LogP contribution in [0.4, 0.5) is 0 Å². The van der Waals surface area contributed by atoms with Crippen molar-refractivity contribution in [1.29, 1.82) is 0 Å². The van der Waals surface area contributed by atoms with Crippen molar-refractivity contribution in [2.45, 2.75) is 51.1 Å². The lowest BCUT2D eigenvalue weighted by Crippen LogP contribution is -2.52. The molecule has 1 aromatic rings. The SMILES string of the molecule is COCCN(C[C@@H]1CCCN2CCCC[C@@H]12)C(=O)[C@@H]1CC(=O)N(Cc2ccccc2)C1. The molecule has 0 radical (unpaired) electrons. The van der Waals surface area contributed by atoms with Crippen molar-refractivity contribution >= 4 is 11.8 Å². The Kier molecular flexibility index (Phi) is 7.62. The Balaban J connectivity index is 1.40. The van der Waals surface area contributed by atoms with Crippen LogP contribution in [0.1, 0.15) is 44.1 Å². The van der Waals surface area contributed by atoms with Crippen LogP contribution in [-0.2, 0) is 20.9 Å². The molecular weight excluding hydrogens is 390 g/mol. The third-order valence-corrected chi connectivity index (χ3v) is 7.34. The maximum absolute atomic E-state index is 13.5. The van der Waals surface area contributed by atoms with E-state index in [1.165, 1.54) is 45.2 Å². The molecule has 0 saturated carbocycles. The van der Waals surface area contributed by atoms with Gasteiger partial charge in [0.25, 0.3) is 0 Å². The first-order chi connectivity index (χ1) is 15.2. The molecule has 3 fully saturated rings. The van der Waals surface area contributed by atoms with Gasteiger partial charge in [0.2, 0.25) is 11.8 Å². The quantitative estimate of drug-likeness (QED) is 0.640. The van der Waals surface area contributed by atoms with Crippen molar-refractivity contribution < 1.29 is 14.3 Å². The molecule has 0 spiro atoms. The lowest BCUT2D eigenvalue weighted by atomic mass is 9.83. The van der Waals surface area contributed by atoms with Crippen LogP contribution in [0.2, 0.25) is 0 Å². The number of carbonyl (C=O) groups excluding carboxylic acids is 2. The van der Waals surface area contributed by atoms with Crippen molar-refractivity contribution in [3.63, 3.8) is 0 Å². The minimum atomic E-state index is -0.237. The number of likely N-dealkylation sites (tertiary alicyclic amines) is 1. The molecule has 0 aromatic heterocycles. The van der Waals surface area contributed by atoms with Crippen LogP contribution in [0.5, 0.6) is 0 Å². The standard InChI is InChI=1S/C25H37N3O3/c1-31-15-14-27(18-21-10-7-13-26-12-6-5-11-23(21)26)25(30)22-16-24(29)28(19-22)17-20-8-3-2-4-9-20/h2-4,8-9,21-23H,5-7,10-19H2,1H3/t21-,22+,23-/m0/s1. The van der Waals surface area contributed by atoms with E-state index in [0.29, 0.717) is 44.6 Å². The molecule has 0 unspecified atom stereocenters. The second-order valence-electron chi connectivity index (χ2n) is 9.44. The van der Waals surface area contributed by atoms with Gasteiger partial charge in [-0.25, -0.2) is 0 Å². The van der Waals surface area contributed by atoms with E-state index in [1.807, 2.05) is 40.1 Å². The number of carbonyl (C=O) groups is 2. The van der Waals surface area contributed by atoms with Crippen LogP contribution in [0.3, 0.4) is 0 Å². The molecule has 0 aliphatic carbocycles. The van der Waals surface area contributed by atoms with Gasteiger partial charge in [-0.3, -0.25) is 9.59 Å². The zero-order valence-electron chi connectivity index (χ0n) is 18.9. The van der Waals surface area contributed by atoms with E-state index in [1.54, 1.807) is 7.11 Å². The summed E-state index contributed by atoms with van der Waals surface area (Å²) in [7, 11) is 1.69. The van der Waals surface area contributed by atoms with Crippen LogP contribution in [0.25, 0.3) is 0 Å². The maximum atomic E-state index is 13.5. The second kappa shape index (κ2) is 10.6. The summed E-state index contributed by atoms with van der Waals surface area (Å²) in [6.45, 7) is 5.48. The summed E-state index contributed by atoms with van der Waals surface area (Å²) >= 11 is 0. The average Bonchev–Trinajstić information content (AvgIpc) is 3.17. The van der Waals surface area contributed by atoms with Gasteiger partial charge in [0, 0.05) is 45.8 Å². The molecule has 0 bridgehead atoms. The maximum Gasteiger partial charge on any atom is 0.228 e. The van der Waals surface area contributed by atoms with Gasteiger partial charge in [-0.2, -0.15) is 0 Å². The number of benzene rings is 1. The Morgan fingerprint density at radius 3 is 2.74 bits per heavy atom. The van der Waals surface area contributed by atoms with Gasteiger partial charge in [-0.15, -0.1) is 0 Å². The Morgan fingerprint density at radius 1 is 1.13 bits per heavy atom. The van der Waals surface area contributed by atoms with Crippen molar-refractivity contribution in [3.05, 3.63) is 35.9 Å². The highest BCUT2D eigenvalue weighted by Gasteiger charge is 2.39. The number of ether oxygens (including phenoxy) is 1. The smallest absolute Gasteiger partial charge is 0.228 e. The monoisotopic (exact) mass is 427 g/mol. The Bertz CT molecular complexity index is 739. The molecule has 6 heteroatoms. The lowest BCUT2D eigenvalue weighted by molar-refractivity contribution is -0.137. The van der Waals surface area contributed by atoms with Crippen LogP contribution >= 0.6 is 0 Å². The number of nitrogens with zero attached hydrogens (tertiary/aromatic N) is 3. The third-order valence-electron chi connectivity index (χ3n) is 7.34. The highest BCUT2D eigenvalue weighted by molar-refractivity contribution is 5.89. The molecule has 31 heavy (non-hydrogen) atoms. The van der Waals surface area contributed by atoms with Gasteiger partial charge in [0.05, 0.1) is 12.5 Å². The highest BCUT2D eigenvalue weighted by Crippen LogP contribution is 2.32. The van der Waals surface area contributed by atoms with Crippen molar-refractivity contribution in [2.75, 3.05) is 46.4 Å². The fourth-order valence-electron chi connectivity index (χ4n) is 5.72. The zero-order chi connectivity index (χ0) is 21.6. The fourth-order valence-corrected chi connectivity index (χ4v) is 5.72. The second-order valence-corrected chi connectivity index (χ2v) is 9.44. The summed E-state index contributed by atoms with van der Waals surface area (Å²) in [5, 5.41) is 0. The molecule has 3 aliphatic rings. The van der Waals surface area contributed by atoms with E-state index >= 15 is 0 Å². The molecule has 3 aliphatic heterocycles. The first kappa shape index (κ1) is 22.3. The summed E-state index contributed by atoms with van der Waals surface area (Å²) in [6.07, 6.45) is 6.60. The highest BCUT2D eigenvalue weighted by atomic mass is 16.5. The van der Waals surface area contributed by atoms with Gasteiger partial charge in [0.15, 0.2) is 0 Å². The van der Waals surface area contributed by atoms with E-state index in [0.717, 1.165) is 12.1 Å². The van der Waals surface area contributed by atoms with E-state index in [4.69, 9.17) is 4.74 Å². The Hall–Kier alpha value is -1.92. The molecule has 170 valence electrons. The predicted molar refractivity (Wildman–Crippen MR) is 120 cm³/mol. The molecule has 0 N–H and O–H groups in total. The first-order valence-electron chi connectivity index (χ1n) is 12.0. The molecule has 6 nitrogen and oxygen atoms in total. The number of piperidine rings is 2. The van der Waals surface area contributed by atoms with E-state index in [9.17, 15) is 9.59 Å². The Labute approximate surface area is 186 Å². The number of hydrogen-bond acceptors (Lipinski definition) is 4. The van der Waals surface area contributed by atoms with Gasteiger partial charge in [-0.1, -0.05) is 36.8 Å². The van der Waals surface area contributed by atoms with Gasteiger partial charge < -0.3 is 19.4 Å². The zero-order valence-corrected chi connectivity index (χ0v) is 18.9. The van der Waals surface area contributed by atoms with Crippen molar-refractivity contribution in [1.82, 2.24) is 14.7 Å². The molecule has 4 rings (SSSR count). The number of hydrogen-bond donors (Lipinski definition) is 0. The summed E-state index contributed by atoms with van der Waals surface area (Å²) in [5.74, 6) is 0.519. The molecule has 3 heterocycles. The van der Waals surface area contributed by atoms with Gasteiger partial charge >= 0.3 is 0 Å². The van der Waals surface area contributed by atoms with Crippen molar-refractivity contribution in [2.24, 2.45) is 11.8 Å². The normalized spacial score (nSPS) is 26.7. The predicted octanol–water partition coefficient (Wildman–Crippen LogP) is 2.77. The first-order valence-corrected chi connectivity index (χ1v) is 12.0. The molecule has 3 saturated heterocycles. The minimum Gasteiger partial charge on any atom is -0.383 e. The van der Waals surface area contributed by atoms with Crippen LogP contribution in [0.15, 0.2) is 30.3 Å². The fraction of sp³-hybridized carbons (Fsp3) is 0.680. The average molecular weight is 428 g/mol. The number of amides is 2. The van der Waals surface area contributed by atoms with Crippen LogP contribution in [-0.4, -0.2) is 79.0 Å². The summed E-state index contributed by atoms with van der Waals surface area (Å²) in [4.78, 5) is 32.6. The van der Waals surface area contributed by atoms with Gasteiger partial charge in [-0.05, 0) is 50.3 Å². The van der Waals surface area contributed by atoms with Crippen LogP contribution in [0, 0.1) is 11.8 Å². The number of fused-ring (bicyclic) bond motifs is 1. The van der Waals surface area contributed by atoms with E-state index in [2.05, 4.69) is 4.90 Å². The summed E-state index contributed by atoms with van der Waals surface area (Å²) < 4.78 is 5.32. The number of methoxy groups -OCH3 is 1. The third kappa shape index (κ3) is 5.47. The lowest BCUT2D eigenvalue weighted by Gasteiger charge is -2.46. The van der Waals surface area contributed by atoms with Crippen LogP contribution < -0.4 is 0 Å². The molecular formula is C25H37N3O3. The molecule has 1 aromatic carbocycles. The molecule has 3 atom stereocenters. The topological polar surface area (TPSA) is 53.1 Å². The minimum absolute atomic E-state index is 0.0880. The van der Waals surface area contributed by atoms with Crippen molar-refractivity contribution in [3.8, 4) is 0 Å². The number of rotatable bonds is 8. The summed E-state index contributed by atoms with van der Waals surface area (Å²) in [6, 6.07) is 10.6. The largest absolute Gasteiger partial charge is 0.383 e. The van der Waals surface area contributed by atoms with E-state index < -0.39 is 0 Å². The molecule has 2 amide bonds. The van der Waals surface area contributed by atoms with E-state index in [-0.39, 0.29) is 17.7 Å². The summed E-state index contributed by atoms with van der Waals surface area (Å²) in [5.41, 5.74) is 1.11. The Morgan fingerprint density at radius 2 is 1.94 bits per heavy atom. The van der Waals surface area contributed by atoms with Gasteiger partial charge in [0.1, 0.15) is 0 Å².